The molecule has 4 aromatic rings. The van der Waals surface area contributed by atoms with Crippen LogP contribution in [0.4, 0.5) is 11.6 Å². The maximum atomic E-state index is 10.1. The van der Waals surface area contributed by atoms with E-state index in [1.54, 1.807) is 16.6 Å². The largest absolute Gasteiger partial charge is 0.507 e. The van der Waals surface area contributed by atoms with Gasteiger partial charge in [0, 0.05) is 11.3 Å². The number of benzene rings is 2. The van der Waals surface area contributed by atoms with Gasteiger partial charge in [-0.05, 0) is 36.4 Å². The van der Waals surface area contributed by atoms with Crippen molar-refractivity contribution in [3.63, 3.8) is 0 Å². The number of phenols is 1. The lowest BCUT2D eigenvalue weighted by Gasteiger charge is -2.05. The van der Waals surface area contributed by atoms with E-state index in [9.17, 15) is 5.11 Å². The molecule has 2 aromatic heterocycles. The lowest BCUT2D eigenvalue weighted by molar-refractivity contribution is 0.477. The van der Waals surface area contributed by atoms with Crippen molar-refractivity contribution in [2.75, 3.05) is 5.32 Å². The molecular weight excluding hydrogens is 288 g/mol. The van der Waals surface area contributed by atoms with E-state index in [0.717, 1.165) is 11.4 Å². The second-order valence-electron chi connectivity index (χ2n) is 5.12. The van der Waals surface area contributed by atoms with Gasteiger partial charge in [-0.25, -0.2) is 4.52 Å². The van der Waals surface area contributed by atoms with E-state index in [4.69, 9.17) is 0 Å². The molecule has 0 spiro atoms. The zero-order valence-corrected chi connectivity index (χ0v) is 12.2. The summed E-state index contributed by atoms with van der Waals surface area (Å²) in [5, 5.41) is 17.8. The highest BCUT2D eigenvalue weighted by Crippen LogP contribution is 2.29. The fraction of sp³-hybridized carbons (Fsp3) is 0. The molecule has 0 fully saturated rings. The van der Waals surface area contributed by atoms with Gasteiger partial charge in [-0.3, -0.25) is 0 Å². The number of aromatic nitrogens is 3. The summed E-state index contributed by atoms with van der Waals surface area (Å²) in [5.74, 6) is 0.729. The van der Waals surface area contributed by atoms with Gasteiger partial charge in [0.1, 0.15) is 5.75 Å². The van der Waals surface area contributed by atoms with Crippen LogP contribution in [0.5, 0.6) is 5.75 Å². The molecule has 0 saturated heterocycles. The van der Waals surface area contributed by atoms with Crippen molar-refractivity contribution in [1.29, 1.82) is 0 Å². The second kappa shape index (κ2) is 5.46. The Morgan fingerprint density at radius 2 is 1.61 bits per heavy atom. The molecule has 2 heterocycles. The molecular formula is C18H14N4O. The Hall–Kier alpha value is -3.34. The molecule has 0 aliphatic rings. The number of nitrogens with zero attached hydrogens (tertiary/aromatic N) is 3. The highest BCUT2D eigenvalue weighted by atomic mass is 16.3. The highest BCUT2D eigenvalue weighted by Gasteiger charge is 2.11. The van der Waals surface area contributed by atoms with Crippen LogP contribution in [0.2, 0.25) is 0 Å². The Bertz CT molecular complexity index is 963. The normalized spacial score (nSPS) is 10.8. The Morgan fingerprint density at radius 1 is 0.826 bits per heavy atom. The van der Waals surface area contributed by atoms with Crippen molar-refractivity contribution in [1.82, 2.24) is 14.6 Å². The van der Waals surface area contributed by atoms with Crippen LogP contribution < -0.4 is 5.32 Å². The van der Waals surface area contributed by atoms with Crippen LogP contribution in [0, 0.1) is 0 Å². The first-order valence-corrected chi connectivity index (χ1v) is 7.27. The van der Waals surface area contributed by atoms with Crippen molar-refractivity contribution < 1.29 is 5.11 Å². The minimum Gasteiger partial charge on any atom is -0.507 e. The van der Waals surface area contributed by atoms with Crippen LogP contribution in [0.25, 0.3) is 16.9 Å². The molecule has 2 aromatic carbocycles. The van der Waals surface area contributed by atoms with Gasteiger partial charge in [0.25, 0.3) is 0 Å². The molecule has 5 heteroatoms. The number of rotatable bonds is 3. The van der Waals surface area contributed by atoms with Crippen LogP contribution in [0.3, 0.4) is 0 Å². The number of fused-ring (bicyclic) bond motifs is 1. The second-order valence-corrected chi connectivity index (χ2v) is 5.12. The fourth-order valence-electron chi connectivity index (χ4n) is 2.50. The number of phenolic OH excluding ortho intramolecular Hbond substituents is 1. The number of hydrogen-bond donors (Lipinski definition) is 2. The van der Waals surface area contributed by atoms with Gasteiger partial charge < -0.3 is 10.4 Å². The average Bonchev–Trinajstić information content (AvgIpc) is 2.99. The number of nitrogens with one attached hydrogen (secondary N) is 1. The first kappa shape index (κ1) is 13.3. The van der Waals surface area contributed by atoms with Crippen LogP contribution in [0.15, 0.2) is 72.8 Å². The predicted octanol–water partition coefficient (Wildman–Crippen LogP) is 3.85. The molecule has 0 aliphatic heterocycles. The Balaban J connectivity index is 1.81. The Labute approximate surface area is 132 Å². The van der Waals surface area contributed by atoms with E-state index in [0.29, 0.717) is 17.2 Å². The third-order valence-corrected chi connectivity index (χ3v) is 3.57. The smallest absolute Gasteiger partial charge is 0.247 e. The molecule has 4 rings (SSSR count). The molecule has 0 unspecified atom stereocenters. The highest BCUT2D eigenvalue weighted by molar-refractivity contribution is 5.69. The zero-order valence-electron chi connectivity index (χ0n) is 12.2. The fourth-order valence-corrected chi connectivity index (χ4v) is 2.50. The van der Waals surface area contributed by atoms with Crippen LogP contribution in [-0.4, -0.2) is 19.7 Å². The van der Waals surface area contributed by atoms with Crippen molar-refractivity contribution in [2.45, 2.75) is 0 Å². The topological polar surface area (TPSA) is 62.5 Å². The maximum Gasteiger partial charge on any atom is 0.247 e. The molecule has 0 aliphatic carbocycles. The maximum absolute atomic E-state index is 10.1. The van der Waals surface area contributed by atoms with Crippen molar-refractivity contribution >= 4 is 17.3 Å². The summed E-state index contributed by atoms with van der Waals surface area (Å²) < 4.78 is 1.72. The summed E-state index contributed by atoms with van der Waals surface area (Å²) in [6.07, 6.45) is 0. The Morgan fingerprint density at radius 3 is 2.43 bits per heavy atom. The van der Waals surface area contributed by atoms with E-state index in [-0.39, 0.29) is 5.75 Å². The molecule has 0 saturated carbocycles. The molecule has 2 N–H and O–H groups in total. The van der Waals surface area contributed by atoms with Crippen LogP contribution >= 0.6 is 0 Å². The molecule has 0 radical (unpaired) electrons. The first-order chi connectivity index (χ1) is 11.3. The van der Waals surface area contributed by atoms with Gasteiger partial charge in [-0.1, -0.05) is 36.4 Å². The molecule has 23 heavy (non-hydrogen) atoms. The summed E-state index contributed by atoms with van der Waals surface area (Å²) in [4.78, 5) is 4.48. The summed E-state index contributed by atoms with van der Waals surface area (Å²) in [7, 11) is 0. The molecule has 5 nitrogen and oxygen atoms in total. The molecule has 0 amide bonds. The minimum absolute atomic E-state index is 0.216. The zero-order chi connectivity index (χ0) is 15.6. The molecule has 0 bridgehead atoms. The third kappa shape index (κ3) is 2.48. The van der Waals surface area contributed by atoms with Gasteiger partial charge in [-0.2, -0.15) is 4.98 Å². The number of para-hydroxylation sites is 2. The van der Waals surface area contributed by atoms with Crippen molar-refractivity contribution in [3.05, 3.63) is 72.8 Å². The van der Waals surface area contributed by atoms with Crippen molar-refractivity contribution in [2.24, 2.45) is 0 Å². The SMILES string of the molecule is Oc1ccccc1-c1cccc2nc(Nc3ccccc3)nn12. The average molecular weight is 302 g/mol. The lowest BCUT2D eigenvalue weighted by atomic mass is 10.1. The lowest BCUT2D eigenvalue weighted by Crippen LogP contribution is -1.95. The summed E-state index contributed by atoms with van der Waals surface area (Å²) in [5.41, 5.74) is 3.14. The van der Waals surface area contributed by atoms with Crippen LogP contribution in [0.1, 0.15) is 0 Å². The Kier molecular flexibility index (Phi) is 3.16. The monoisotopic (exact) mass is 302 g/mol. The van der Waals surface area contributed by atoms with E-state index < -0.39 is 0 Å². The van der Waals surface area contributed by atoms with Gasteiger partial charge in [0.15, 0.2) is 5.65 Å². The van der Waals surface area contributed by atoms with Gasteiger partial charge in [-0.15, -0.1) is 5.10 Å². The van der Waals surface area contributed by atoms with E-state index in [1.807, 2.05) is 60.7 Å². The number of pyridine rings is 1. The molecule has 112 valence electrons. The van der Waals surface area contributed by atoms with E-state index >= 15 is 0 Å². The van der Waals surface area contributed by atoms with Crippen LogP contribution in [-0.2, 0) is 0 Å². The van der Waals surface area contributed by atoms with Gasteiger partial charge in [0.2, 0.25) is 5.95 Å². The number of aromatic hydroxyl groups is 1. The first-order valence-electron chi connectivity index (χ1n) is 7.27. The number of anilines is 2. The van der Waals surface area contributed by atoms with E-state index in [1.165, 1.54) is 0 Å². The van der Waals surface area contributed by atoms with E-state index in [2.05, 4.69) is 15.4 Å². The van der Waals surface area contributed by atoms with Gasteiger partial charge >= 0.3 is 0 Å². The van der Waals surface area contributed by atoms with Gasteiger partial charge in [0.05, 0.1) is 5.69 Å². The summed E-state index contributed by atoms with van der Waals surface area (Å²) in [6.45, 7) is 0. The third-order valence-electron chi connectivity index (χ3n) is 3.57. The summed E-state index contributed by atoms with van der Waals surface area (Å²) in [6, 6.07) is 22.6. The predicted molar refractivity (Wildman–Crippen MR) is 89.8 cm³/mol. The molecule has 0 atom stereocenters. The summed E-state index contributed by atoms with van der Waals surface area (Å²) >= 11 is 0. The minimum atomic E-state index is 0.216. The standard InChI is InChI=1S/C18H14N4O/c23-16-11-5-4-9-14(16)15-10-6-12-17-20-18(21-22(15)17)19-13-7-2-1-3-8-13/h1-12,23H,(H,19,21). The van der Waals surface area contributed by atoms with Crippen molar-refractivity contribution in [3.8, 4) is 17.0 Å². The number of hydrogen-bond acceptors (Lipinski definition) is 4. The quantitative estimate of drug-likeness (QED) is 0.603.